The third kappa shape index (κ3) is 4.20. The number of rotatable bonds is 7. The molecule has 6 rings (SSSR count). The van der Waals surface area contributed by atoms with Crippen molar-refractivity contribution in [1.82, 2.24) is 15.1 Å². The highest BCUT2D eigenvalue weighted by atomic mass is 16.6. The number of carbonyl (C=O) groups is 1. The van der Waals surface area contributed by atoms with Crippen molar-refractivity contribution < 1.29 is 13.9 Å². The molecule has 33 heavy (non-hydrogen) atoms. The average molecular weight is 446 g/mol. The number of carbonyl (C=O) groups excluding carboxylic acids is 1. The second-order valence-electron chi connectivity index (χ2n) is 9.38. The van der Waals surface area contributed by atoms with E-state index in [1.54, 1.807) is 0 Å². The summed E-state index contributed by atoms with van der Waals surface area (Å²) in [6, 6.07) is 21.3. The molecule has 0 spiro atoms. The second kappa shape index (κ2) is 9.10. The monoisotopic (exact) mass is 445 g/mol. The largest absolute Gasteiger partial charge is 0.447 e. The van der Waals surface area contributed by atoms with E-state index in [4.69, 9.17) is 9.15 Å². The van der Waals surface area contributed by atoms with Gasteiger partial charge < -0.3 is 9.15 Å². The van der Waals surface area contributed by atoms with Crippen LogP contribution >= 0.6 is 0 Å². The first kappa shape index (κ1) is 21.8. The molecule has 3 aliphatic heterocycles. The van der Waals surface area contributed by atoms with Gasteiger partial charge in [-0.3, -0.25) is 9.69 Å². The van der Waals surface area contributed by atoms with Gasteiger partial charge >= 0.3 is 5.97 Å². The summed E-state index contributed by atoms with van der Waals surface area (Å²) < 4.78 is 11.8. The molecule has 2 aromatic carbocycles. The smallest absolute Gasteiger partial charge is 0.304 e. The third-order valence-electron chi connectivity index (χ3n) is 7.35. The van der Waals surface area contributed by atoms with Gasteiger partial charge in [-0.1, -0.05) is 60.7 Å². The fourth-order valence-corrected chi connectivity index (χ4v) is 5.86. The molecule has 3 aromatic rings. The molecule has 4 unspecified atom stereocenters. The number of fused-ring (bicyclic) bond motifs is 3. The molecule has 4 heterocycles. The number of benzene rings is 2. The lowest BCUT2D eigenvalue weighted by atomic mass is 9.69. The van der Waals surface area contributed by atoms with Crippen LogP contribution in [0.3, 0.4) is 0 Å². The Morgan fingerprint density at radius 3 is 2.27 bits per heavy atom. The minimum Gasteiger partial charge on any atom is -0.447 e. The average Bonchev–Trinajstić information content (AvgIpc) is 3.27. The molecule has 0 saturated carbocycles. The van der Waals surface area contributed by atoms with E-state index in [1.807, 2.05) is 19.1 Å². The van der Waals surface area contributed by atoms with E-state index in [9.17, 15) is 4.79 Å². The molecule has 3 saturated heterocycles. The number of aryl methyl sites for hydroxylation is 1. The molecule has 6 heteroatoms. The van der Waals surface area contributed by atoms with E-state index in [-0.39, 0.29) is 12.2 Å². The van der Waals surface area contributed by atoms with Gasteiger partial charge in [0, 0.05) is 32.9 Å². The van der Waals surface area contributed by atoms with Crippen molar-refractivity contribution in [2.75, 3.05) is 6.54 Å². The Bertz CT molecular complexity index is 1040. The summed E-state index contributed by atoms with van der Waals surface area (Å²) in [6.45, 7) is 4.33. The quantitative estimate of drug-likeness (QED) is 0.484. The molecule has 1 aromatic heterocycles. The van der Waals surface area contributed by atoms with Crippen molar-refractivity contribution in [2.24, 2.45) is 5.92 Å². The topological polar surface area (TPSA) is 68.5 Å². The van der Waals surface area contributed by atoms with Crippen LogP contribution in [0.4, 0.5) is 0 Å². The van der Waals surface area contributed by atoms with Gasteiger partial charge in [-0.15, -0.1) is 10.2 Å². The molecule has 3 fully saturated rings. The zero-order valence-electron chi connectivity index (χ0n) is 19.3. The van der Waals surface area contributed by atoms with E-state index in [2.05, 4.69) is 63.6 Å². The SMILES string of the molecule is CC(=O)OC1CC2CCN1C(CCC(c1ccccc1)(c1ccccc1)c1nnc(C)o1)C2. The van der Waals surface area contributed by atoms with Crippen LogP contribution in [-0.4, -0.2) is 39.9 Å². The van der Waals surface area contributed by atoms with Crippen LogP contribution in [0.1, 0.15) is 61.9 Å². The molecule has 172 valence electrons. The van der Waals surface area contributed by atoms with Crippen LogP contribution < -0.4 is 0 Å². The van der Waals surface area contributed by atoms with Gasteiger partial charge in [0.2, 0.25) is 11.8 Å². The fourth-order valence-electron chi connectivity index (χ4n) is 5.86. The van der Waals surface area contributed by atoms with Gasteiger partial charge in [-0.25, -0.2) is 0 Å². The summed E-state index contributed by atoms with van der Waals surface area (Å²) in [5.41, 5.74) is 1.75. The van der Waals surface area contributed by atoms with Gasteiger partial charge in [-0.05, 0) is 42.7 Å². The minimum absolute atomic E-state index is 0.103. The maximum Gasteiger partial charge on any atom is 0.304 e. The lowest BCUT2D eigenvalue weighted by Gasteiger charge is -2.50. The number of esters is 1. The summed E-state index contributed by atoms with van der Waals surface area (Å²) in [7, 11) is 0. The van der Waals surface area contributed by atoms with Crippen molar-refractivity contribution in [3.05, 3.63) is 83.6 Å². The Morgan fingerprint density at radius 2 is 1.73 bits per heavy atom. The Hall–Kier alpha value is -2.99. The fraction of sp³-hybridized carbons (Fsp3) is 0.444. The van der Waals surface area contributed by atoms with Crippen molar-refractivity contribution >= 4 is 5.97 Å². The predicted octanol–water partition coefficient (Wildman–Crippen LogP) is 4.87. The van der Waals surface area contributed by atoms with Crippen LogP contribution in [0, 0.1) is 12.8 Å². The lowest BCUT2D eigenvalue weighted by Crippen LogP contribution is -2.56. The Morgan fingerprint density at radius 1 is 1.06 bits per heavy atom. The summed E-state index contributed by atoms with van der Waals surface area (Å²) in [5.74, 6) is 1.61. The van der Waals surface area contributed by atoms with E-state index < -0.39 is 5.41 Å². The second-order valence-corrected chi connectivity index (χ2v) is 9.38. The molecule has 6 nitrogen and oxygen atoms in total. The van der Waals surface area contributed by atoms with Crippen molar-refractivity contribution in [3.8, 4) is 0 Å². The highest BCUT2D eigenvalue weighted by molar-refractivity contribution is 5.66. The summed E-state index contributed by atoms with van der Waals surface area (Å²) in [5, 5.41) is 8.73. The number of nitrogens with zero attached hydrogens (tertiary/aromatic N) is 3. The molecule has 2 bridgehead atoms. The minimum atomic E-state index is -0.543. The summed E-state index contributed by atoms with van der Waals surface area (Å²) in [4.78, 5) is 14.1. The maximum absolute atomic E-state index is 11.7. The highest BCUT2D eigenvalue weighted by Gasteiger charge is 2.45. The number of aromatic nitrogens is 2. The van der Waals surface area contributed by atoms with Crippen LogP contribution in [0.25, 0.3) is 0 Å². The number of piperidine rings is 3. The van der Waals surface area contributed by atoms with E-state index in [0.29, 0.717) is 23.7 Å². The van der Waals surface area contributed by atoms with E-state index in [1.165, 1.54) is 13.3 Å². The first-order valence-electron chi connectivity index (χ1n) is 11.9. The normalized spacial score (nSPS) is 24.5. The van der Waals surface area contributed by atoms with Crippen LogP contribution in [0.15, 0.2) is 65.1 Å². The summed E-state index contributed by atoms with van der Waals surface area (Å²) in [6.07, 6.45) is 4.93. The predicted molar refractivity (Wildman–Crippen MR) is 124 cm³/mol. The Kier molecular flexibility index (Phi) is 6.02. The Balaban J connectivity index is 1.52. The molecule has 4 atom stereocenters. The van der Waals surface area contributed by atoms with Gasteiger partial charge in [-0.2, -0.15) is 0 Å². The Labute approximate surface area is 195 Å². The van der Waals surface area contributed by atoms with E-state index >= 15 is 0 Å². The molecule has 0 amide bonds. The van der Waals surface area contributed by atoms with Crippen LogP contribution in [0.2, 0.25) is 0 Å². The van der Waals surface area contributed by atoms with Crippen LogP contribution in [0.5, 0.6) is 0 Å². The molecule has 3 aliphatic rings. The molecule has 0 N–H and O–H groups in total. The first-order chi connectivity index (χ1) is 16.1. The van der Waals surface area contributed by atoms with Gasteiger partial charge in [0.25, 0.3) is 0 Å². The molecular formula is C27H31N3O3. The van der Waals surface area contributed by atoms with Gasteiger partial charge in [0.1, 0.15) is 0 Å². The van der Waals surface area contributed by atoms with Crippen molar-refractivity contribution in [1.29, 1.82) is 0 Å². The first-order valence-corrected chi connectivity index (χ1v) is 11.9. The standard InChI is InChI=1S/C27H31N3O3/c1-19-28-29-26(32-19)27(22-9-5-3-6-10-22,23-11-7-4-8-12-23)15-13-24-17-21-14-16-30(24)25(18-21)33-20(2)31/h3-12,21,24-25H,13-18H2,1-2H3. The zero-order valence-corrected chi connectivity index (χ0v) is 19.3. The molecule has 0 aliphatic carbocycles. The maximum atomic E-state index is 11.7. The van der Waals surface area contributed by atoms with Gasteiger partial charge in [0.15, 0.2) is 6.23 Å². The van der Waals surface area contributed by atoms with Crippen molar-refractivity contribution in [2.45, 2.75) is 63.6 Å². The third-order valence-corrected chi connectivity index (χ3v) is 7.35. The lowest BCUT2D eigenvalue weighted by molar-refractivity contribution is -0.175. The number of hydrogen-bond acceptors (Lipinski definition) is 6. The number of ether oxygens (including phenoxy) is 1. The zero-order chi connectivity index (χ0) is 22.8. The highest BCUT2D eigenvalue weighted by Crippen LogP contribution is 2.45. The summed E-state index contributed by atoms with van der Waals surface area (Å²) >= 11 is 0. The number of hydrogen-bond donors (Lipinski definition) is 0. The van der Waals surface area contributed by atoms with Gasteiger partial charge in [0.05, 0.1) is 5.41 Å². The van der Waals surface area contributed by atoms with E-state index in [0.717, 1.165) is 43.4 Å². The van der Waals surface area contributed by atoms with Crippen molar-refractivity contribution in [3.63, 3.8) is 0 Å². The molecular weight excluding hydrogens is 414 g/mol. The molecule has 0 radical (unpaired) electrons. The van der Waals surface area contributed by atoms with Crippen LogP contribution in [-0.2, 0) is 14.9 Å².